The smallest absolute Gasteiger partial charge is 0.238 e. The van der Waals surface area contributed by atoms with Crippen LogP contribution in [0.3, 0.4) is 0 Å². The van der Waals surface area contributed by atoms with Gasteiger partial charge in [-0.3, -0.25) is 0 Å². The molecule has 1 heterocycles. The fraction of sp³-hybridized carbons (Fsp3) is 0.500. The molecule has 1 aliphatic rings. The van der Waals surface area contributed by atoms with Crippen molar-refractivity contribution in [1.29, 1.82) is 0 Å². The number of nitrogens with two attached hydrogens (primary N) is 3. The summed E-state index contributed by atoms with van der Waals surface area (Å²) in [7, 11) is -3.58. The van der Waals surface area contributed by atoms with Crippen molar-refractivity contribution in [2.45, 2.75) is 35.5 Å². The van der Waals surface area contributed by atoms with Gasteiger partial charge >= 0.3 is 0 Å². The van der Waals surface area contributed by atoms with Crippen LogP contribution in [0.25, 0.3) is 0 Å². The number of benzene rings is 1. The summed E-state index contributed by atoms with van der Waals surface area (Å²) in [6.07, 6.45) is -4.85. The number of sulfonamides is 1. The van der Waals surface area contributed by atoms with E-state index in [0.29, 0.717) is 5.69 Å². The molecule has 0 aliphatic carbocycles. The Balaban J connectivity index is 0.000000231. The monoisotopic (exact) mass is 351 g/mol. The first kappa shape index (κ1) is 19.7. The van der Waals surface area contributed by atoms with E-state index < -0.39 is 47.3 Å². The molecule has 0 aromatic heterocycles. The molecule has 10 nitrogen and oxygen atoms in total. The lowest BCUT2D eigenvalue weighted by atomic mass is 9.98. The van der Waals surface area contributed by atoms with Crippen molar-refractivity contribution in [3.8, 4) is 0 Å². The van der Waals surface area contributed by atoms with Gasteiger partial charge in [-0.15, -0.1) is 0 Å². The lowest BCUT2D eigenvalue weighted by Gasteiger charge is -2.38. The summed E-state index contributed by atoms with van der Waals surface area (Å²) in [5.41, 5.74) is 11.1. The number of rotatable bonds is 2. The number of nitrogen functional groups attached to an aromatic ring is 1. The summed E-state index contributed by atoms with van der Waals surface area (Å²) >= 11 is 0. The van der Waals surface area contributed by atoms with Crippen LogP contribution in [-0.4, -0.2) is 66.1 Å². The minimum Gasteiger partial charge on any atom is -0.399 e. The van der Waals surface area contributed by atoms with Crippen molar-refractivity contribution in [2.75, 3.05) is 12.3 Å². The molecule has 1 aliphatic heterocycles. The lowest BCUT2D eigenvalue weighted by molar-refractivity contribution is -0.248. The van der Waals surface area contributed by atoms with E-state index in [1.165, 1.54) is 24.3 Å². The Labute approximate surface area is 133 Å². The highest BCUT2D eigenvalue weighted by molar-refractivity contribution is 7.89. The van der Waals surface area contributed by atoms with Gasteiger partial charge in [0.1, 0.15) is 18.3 Å². The molecule has 0 saturated carbocycles. The van der Waals surface area contributed by atoms with Gasteiger partial charge in [0.2, 0.25) is 10.0 Å². The second-order valence-corrected chi connectivity index (χ2v) is 6.48. The molecular formula is C12H21N3O7S. The highest BCUT2D eigenvalue weighted by atomic mass is 32.2. The van der Waals surface area contributed by atoms with E-state index in [-0.39, 0.29) is 4.90 Å². The van der Waals surface area contributed by atoms with Crippen molar-refractivity contribution >= 4 is 15.7 Å². The van der Waals surface area contributed by atoms with Crippen molar-refractivity contribution < 1.29 is 33.6 Å². The highest BCUT2D eigenvalue weighted by Crippen LogP contribution is 2.17. The van der Waals surface area contributed by atoms with Gasteiger partial charge < -0.3 is 36.6 Å². The number of aliphatic hydroxyl groups excluding tert-OH is 4. The number of ether oxygens (including phenoxy) is 1. The molecule has 132 valence electrons. The Kier molecular flexibility index (Phi) is 6.85. The summed E-state index contributed by atoms with van der Waals surface area (Å²) in [6, 6.07) is 4.66. The fourth-order valence-electron chi connectivity index (χ4n) is 1.78. The summed E-state index contributed by atoms with van der Waals surface area (Å²) in [6.45, 7) is -0.470. The molecule has 2 rings (SSSR count). The minimum atomic E-state index is -3.58. The van der Waals surface area contributed by atoms with Crippen LogP contribution in [0.4, 0.5) is 5.69 Å². The predicted molar refractivity (Wildman–Crippen MR) is 80.2 cm³/mol. The molecule has 0 bridgehead atoms. The van der Waals surface area contributed by atoms with Gasteiger partial charge in [0, 0.05) is 5.69 Å². The Hall–Kier alpha value is -1.31. The maximum atomic E-state index is 10.7. The second kappa shape index (κ2) is 7.99. The summed E-state index contributed by atoms with van der Waals surface area (Å²) in [4.78, 5) is 0.0756. The SMILES string of the molecule is N[C@H]1C(O)O[C@H](CO)[C@@H](O)[C@@H]1O.Nc1ccc(S(N)(=O)=O)cc1. The zero-order valence-corrected chi connectivity index (χ0v) is 12.9. The first-order chi connectivity index (χ1) is 10.6. The van der Waals surface area contributed by atoms with Crippen LogP contribution in [0.15, 0.2) is 29.2 Å². The maximum Gasteiger partial charge on any atom is 0.238 e. The number of hydrogen-bond acceptors (Lipinski definition) is 9. The largest absolute Gasteiger partial charge is 0.399 e. The third-order valence-corrected chi connectivity index (χ3v) is 4.09. The van der Waals surface area contributed by atoms with Gasteiger partial charge in [0.15, 0.2) is 6.29 Å². The van der Waals surface area contributed by atoms with Gasteiger partial charge in [0.25, 0.3) is 0 Å². The standard InChI is InChI=1S/C6H8N2O2S.C6H13NO5/c7-5-1-3-6(4-2-5)11(8,9)10;7-3-5(10)4(9)2(1-8)12-6(3)11/h1-4H,7H2,(H2,8,9,10);2-6,8-11H,1,7H2/t;2-,3-,4-,5-,6?/m.1/s1. The third kappa shape index (κ3) is 5.37. The number of primary sulfonamides is 1. The molecule has 5 atom stereocenters. The zero-order chi connectivity index (χ0) is 17.8. The fourth-order valence-corrected chi connectivity index (χ4v) is 2.29. The Morgan fingerprint density at radius 1 is 1.09 bits per heavy atom. The van der Waals surface area contributed by atoms with Gasteiger partial charge in [-0.2, -0.15) is 0 Å². The van der Waals surface area contributed by atoms with Crippen LogP contribution >= 0.6 is 0 Å². The van der Waals surface area contributed by atoms with E-state index in [2.05, 4.69) is 0 Å². The molecule has 1 aromatic rings. The average Bonchev–Trinajstić information content (AvgIpc) is 2.49. The van der Waals surface area contributed by atoms with Crippen LogP contribution < -0.4 is 16.6 Å². The normalized spacial score (nSPS) is 31.1. The summed E-state index contributed by atoms with van der Waals surface area (Å²) < 4.78 is 26.1. The van der Waals surface area contributed by atoms with Crippen LogP contribution in [0, 0.1) is 0 Å². The molecule has 23 heavy (non-hydrogen) atoms. The molecule has 1 fully saturated rings. The van der Waals surface area contributed by atoms with Gasteiger partial charge in [-0.05, 0) is 24.3 Å². The first-order valence-corrected chi connectivity index (χ1v) is 8.07. The number of hydrogen-bond donors (Lipinski definition) is 7. The van der Waals surface area contributed by atoms with E-state index in [4.69, 9.17) is 31.6 Å². The number of anilines is 1. The van der Waals surface area contributed by atoms with E-state index in [1.54, 1.807) is 0 Å². The molecule has 0 radical (unpaired) electrons. The van der Waals surface area contributed by atoms with Crippen molar-refractivity contribution in [1.82, 2.24) is 0 Å². The minimum absolute atomic E-state index is 0.0756. The Morgan fingerprint density at radius 2 is 1.61 bits per heavy atom. The molecule has 10 N–H and O–H groups in total. The Morgan fingerprint density at radius 3 is 2.04 bits per heavy atom. The highest BCUT2D eigenvalue weighted by Gasteiger charge is 2.41. The summed E-state index contributed by atoms with van der Waals surface area (Å²) in [5.74, 6) is 0. The van der Waals surface area contributed by atoms with Crippen molar-refractivity contribution in [2.24, 2.45) is 10.9 Å². The lowest BCUT2D eigenvalue weighted by Crippen LogP contribution is -2.61. The van der Waals surface area contributed by atoms with E-state index >= 15 is 0 Å². The van der Waals surface area contributed by atoms with E-state index in [9.17, 15) is 18.6 Å². The third-order valence-electron chi connectivity index (χ3n) is 3.16. The van der Waals surface area contributed by atoms with Crippen LogP contribution in [0.5, 0.6) is 0 Å². The van der Waals surface area contributed by atoms with Crippen LogP contribution in [-0.2, 0) is 14.8 Å². The summed E-state index contributed by atoms with van der Waals surface area (Å²) in [5, 5.41) is 40.9. The molecule has 1 aromatic carbocycles. The molecular weight excluding hydrogens is 330 g/mol. The van der Waals surface area contributed by atoms with Gasteiger partial charge in [-0.25, -0.2) is 13.6 Å². The zero-order valence-electron chi connectivity index (χ0n) is 12.1. The Bertz CT molecular complexity index is 590. The first-order valence-electron chi connectivity index (χ1n) is 6.52. The van der Waals surface area contributed by atoms with Crippen LogP contribution in [0.2, 0.25) is 0 Å². The second-order valence-electron chi connectivity index (χ2n) is 4.92. The van der Waals surface area contributed by atoms with Crippen molar-refractivity contribution in [3.05, 3.63) is 24.3 Å². The van der Waals surface area contributed by atoms with Gasteiger partial charge in [0.05, 0.1) is 17.5 Å². The quantitative estimate of drug-likeness (QED) is 0.266. The van der Waals surface area contributed by atoms with Crippen LogP contribution in [0.1, 0.15) is 0 Å². The molecule has 1 unspecified atom stereocenters. The van der Waals surface area contributed by atoms with Gasteiger partial charge in [-0.1, -0.05) is 0 Å². The topological polar surface area (TPSA) is 202 Å². The molecule has 1 saturated heterocycles. The van der Waals surface area contributed by atoms with Crippen molar-refractivity contribution in [3.63, 3.8) is 0 Å². The van der Waals surface area contributed by atoms with E-state index in [1.807, 2.05) is 0 Å². The molecule has 0 amide bonds. The van der Waals surface area contributed by atoms with E-state index in [0.717, 1.165) is 0 Å². The number of aliphatic hydroxyl groups is 4. The maximum absolute atomic E-state index is 10.7. The molecule has 0 spiro atoms. The average molecular weight is 351 g/mol. The molecule has 11 heteroatoms. The predicted octanol–water partition coefficient (Wildman–Crippen LogP) is -3.34.